The van der Waals surface area contributed by atoms with E-state index in [1.807, 2.05) is 0 Å². The average Bonchev–Trinajstić information content (AvgIpc) is 2.90. The minimum Gasteiger partial charge on any atom is -0.356 e. The molecule has 1 N–H and O–H groups in total. The summed E-state index contributed by atoms with van der Waals surface area (Å²) in [5.41, 5.74) is -0.631. The van der Waals surface area contributed by atoms with E-state index < -0.39 is 11.9 Å². The van der Waals surface area contributed by atoms with Gasteiger partial charge in [0.2, 0.25) is 0 Å². The molecule has 1 aromatic heterocycles. The lowest BCUT2D eigenvalue weighted by molar-refractivity contribution is -0.140. The second-order valence-electron chi connectivity index (χ2n) is 6.88. The van der Waals surface area contributed by atoms with Gasteiger partial charge in [0, 0.05) is 42.9 Å². The van der Waals surface area contributed by atoms with Crippen molar-refractivity contribution in [2.24, 2.45) is 10.4 Å². The quantitative estimate of drug-likeness (QED) is 0.672. The van der Waals surface area contributed by atoms with Gasteiger partial charge in [0.15, 0.2) is 11.7 Å². The zero-order chi connectivity index (χ0) is 17.5. The number of rotatable bonds is 3. The van der Waals surface area contributed by atoms with E-state index in [1.54, 1.807) is 7.05 Å². The monoisotopic (exact) mass is 348 g/mol. The van der Waals surface area contributed by atoms with Gasteiger partial charge in [0.1, 0.15) is 0 Å². The van der Waals surface area contributed by atoms with Crippen LogP contribution in [0.3, 0.4) is 0 Å². The molecule has 0 atom stereocenters. The van der Waals surface area contributed by atoms with E-state index in [0.717, 1.165) is 29.2 Å². The predicted molar refractivity (Wildman–Crippen MR) is 86.7 cm³/mol. The van der Waals surface area contributed by atoms with Crippen molar-refractivity contribution in [3.63, 3.8) is 0 Å². The molecular formula is C15H23F3N4S. The predicted octanol–water partition coefficient (Wildman–Crippen LogP) is 3.40. The van der Waals surface area contributed by atoms with Crippen LogP contribution in [0.1, 0.15) is 38.4 Å². The third kappa shape index (κ3) is 3.46. The number of hydrogen-bond donors (Lipinski definition) is 1. The third-order valence-corrected chi connectivity index (χ3v) is 5.72. The highest BCUT2D eigenvalue weighted by molar-refractivity contribution is 7.09. The highest BCUT2D eigenvalue weighted by Gasteiger charge is 2.53. The van der Waals surface area contributed by atoms with E-state index in [9.17, 15) is 13.2 Å². The van der Waals surface area contributed by atoms with Gasteiger partial charge in [-0.2, -0.15) is 13.2 Å². The summed E-state index contributed by atoms with van der Waals surface area (Å²) in [4.78, 5) is 10.1. The number of nitrogens with one attached hydrogen (secondary N) is 1. The van der Waals surface area contributed by atoms with E-state index >= 15 is 0 Å². The van der Waals surface area contributed by atoms with Crippen molar-refractivity contribution < 1.29 is 13.2 Å². The molecule has 2 heterocycles. The van der Waals surface area contributed by atoms with Gasteiger partial charge in [0.05, 0.1) is 5.01 Å². The molecule has 23 heavy (non-hydrogen) atoms. The van der Waals surface area contributed by atoms with Crippen LogP contribution in [0.25, 0.3) is 0 Å². The van der Waals surface area contributed by atoms with Crippen molar-refractivity contribution in [2.45, 2.75) is 45.8 Å². The second kappa shape index (κ2) is 5.96. The molecule has 0 unspecified atom stereocenters. The van der Waals surface area contributed by atoms with E-state index in [2.05, 4.69) is 47.9 Å². The van der Waals surface area contributed by atoms with Gasteiger partial charge in [-0.25, -0.2) is 4.98 Å². The van der Waals surface area contributed by atoms with Crippen molar-refractivity contribution in [3.05, 3.63) is 16.1 Å². The molecule has 0 saturated carbocycles. The Labute approximate surface area is 138 Å². The lowest BCUT2D eigenvalue weighted by Gasteiger charge is -2.62. The van der Waals surface area contributed by atoms with Gasteiger partial charge < -0.3 is 10.2 Å². The van der Waals surface area contributed by atoms with E-state index in [4.69, 9.17) is 0 Å². The zero-order valence-corrected chi connectivity index (χ0v) is 14.9. The van der Waals surface area contributed by atoms with E-state index in [-0.39, 0.29) is 11.0 Å². The Bertz CT molecular complexity index is 590. The molecule has 8 heteroatoms. The zero-order valence-electron chi connectivity index (χ0n) is 14.1. The number of nitrogens with zero attached hydrogens (tertiary/aromatic N) is 3. The Morgan fingerprint density at radius 1 is 1.39 bits per heavy atom. The topological polar surface area (TPSA) is 40.5 Å². The lowest BCUT2D eigenvalue weighted by atomic mass is 9.65. The largest absolute Gasteiger partial charge is 0.434 e. The first kappa shape index (κ1) is 18.0. The van der Waals surface area contributed by atoms with Crippen LogP contribution in [0.4, 0.5) is 13.2 Å². The maximum atomic E-state index is 12.5. The van der Waals surface area contributed by atoms with Crippen LogP contribution in [0.2, 0.25) is 0 Å². The fourth-order valence-electron chi connectivity index (χ4n) is 2.53. The fraction of sp³-hybridized carbons (Fsp3) is 0.733. The molecule has 2 rings (SSSR count). The highest BCUT2D eigenvalue weighted by Crippen LogP contribution is 2.46. The molecule has 1 aliphatic heterocycles. The number of alkyl halides is 3. The lowest BCUT2D eigenvalue weighted by Crippen LogP contribution is -2.72. The summed E-state index contributed by atoms with van der Waals surface area (Å²) in [7, 11) is 1.72. The number of aliphatic imine (C=N–C) groups is 1. The number of likely N-dealkylation sites (tertiary alicyclic amines) is 1. The summed E-state index contributed by atoms with van der Waals surface area (Å²) in [6.07, 6.45) is -3.93. The van der Waals surface area contributed by atoms with Crippen molar-refractivity contribution in [1.29, 1.82) is 0 Å². The van der Waals surface area contributed by atoms with Crippen molar-refractivity contribution >= 4 is 17.3 Å². The summed E-state index contributed by atoms with van der Waals surface area (Å²) in [5.74, 6) is 0.780. The Morgan fingerprint density at radius 2 is 2.04 bits per heavy atom. The smallest absolute Gasteiger partial charge is 0.356 e. The summed E-state index contributed by atoms with van der Waals surface area (Å²) in [6, 6.07) is 0. The van der Waals surface area contributed by atoms with Gasteiger partial charge in [-0.15, -0.1) is 11.3 Å². The minimum absolute atomic E-state index is 0.0144. The Balaban J connectivity index is 1.90. The number of halogens is 3. The summed E-state index contributed by atoms with van der Waals surface area (Å²) < 4.78 is 37.6. The number of hydrogen-bond acceptors (Lipinski definition) is 3. The van der Waals surface area contributed by atoms with Gasteiger partial charge in [0.25, 0.3) is 0 Å². The van der Waals surface area contributed by atoms with Crippen molar-refractivity contribution in [2.75, 3.05) is 20.1 Å². The minimum atomic E-state index is -4.37. The summed E-state index contributed by atoms with van der Waals surface area (Å²) in [6.45, 7) is 10.2. The van der Waals surface area contributed by atoms with Crippen molar-refractivity contribution in [3.8, 4) is 0 Å². The number of guanidine groups is 1. The normalized spacial score (nSPS) is 20.3. The Hall–Kier alpha value is -1.31. The molecule has 0 aromatic carbocycles. The number of aromatic nitrogens is 1. The first-order valence-corrected chi connectivity index (χ1v) is 8.37. The van der Waals surface area contributed by atoms with Gasteiger partial charge in [-0.3, -0.25) is 4.99 Å². The Morgan fingerprint density at radius 3 is 2.48 bits per heavy atom. The van der Waals surface area contributed by atoms with Crippen LogP contribution in [0.15, 0.2) is 10.4 Å². The van der Waals surface area contributed by atoms with Crippen LogP contribution in [0, 0.1) is 5.41 Å². The molecule has 1 saturated heterocycles. The molecule has 1 aliphatic rings. The maximum absolute atomic E-state index is 12.5. The molecule has 0 amide bonds. The molecule has 130 valence electrons. The molecule has 0 bridgehead atoms. The number of thiazole rings is 1. The highest BCUT2D eigenvalue weighted by atomic mass is 32.1. The Kier molecular flexibility index (Phi) is 4.67. The third-order valence-electron chi connectivity index (χ3n) is 4.82. The maximum Gasteiger partial charge on any atom is 0.434 e. The van der Waals surface area contributed by atoms with Crippen LogP contribution in [-0.2, 0) is 12.6 Å². The van der Waals surface area contributed by atoms with Gasteiger partial charge in [-0.1, -0.05) is 13.8 Å². The molecule has 1 aromatic rings. The first-order valence-electron chi connectivity index (χ1n) is 7.49. The SMILES string of the molecule is CN=C(NCCc1nc(C(F)(F)F)cs1)N1CC(C)(C)C1(C)C. The van der Waals surface area contributed by atoms with Crippen LogP contribution in [-0.4, -0.2) is 41.5 Å². The van der Waals surface area contributed by atoms with Gasteiger partial charge >= 0.3 is 6.18 Å². The molecule has 1 fully saturated rings. The van der Waals surface area contributed by atoms with Crippen molar-refractivity contribution in [1.82, 2.24) is 15.2 Å². The summed E-state index contributed by atoms with van der Waals surface area (Å²) in [5, 5.41) is 4.76. The fourth-order valence-corrected chi connectivity index (χ4v) is 3.34. The standard InChI is InChI=1S/C15H23F3N4S/c1-13(2)9-22(14(13,3)4)12(19-5)20-7-6-11-21-10(8-23-11)15(16,17)18/h8H,6-7,9H2,1-5H3,(H,19,20). The average molecular weight is 348 g/mol. The molecule has 0 aliphatic carbocycles. The second-order valence-corrected chi connectivity index (χ2v) is 7.82. The van der Waals surface area contributed by atoms with Crippen LogP contribution < -0.4 is 5.32 Å². The summed E-state index contributed by atoms with van der Waals surface area (Å²) >= 11 is 1.04. The van der Waals surface area contributed by atoms with E-state index in [1.165, 1.54) is 0 Å². The van der Waals surface area contributed by atoms with Crippen LogP contribution in [0.5, 0.6) is 0 Å². The molecule has 0 radical (unpaired) electrons. The molecule has 4 nitrogen and oxygen atoms in total. The van der Waals surface area contributed by atoms with Crippen LogP contribution >= 0.6 is 11.3 Å². The van der Waals surface area contributed by atoms with Gasteiger partial charge in [-0.05, 0) is 13.8 Å². The molecular weight excluding hydrogens is 325 g/mol. The first-order chi connectivity index (χ1) is 10.5. The van der Waals surface area contributed by atoms with E-state index in [0.29, 0.717) is 18.0 Å². The molecule has 0 spiro atoms.